The van der Waals surface area contributed by atoms with Crippen LogP contribution in [0.2, 0.25) is 0 Å². The molecule has 1 aromatic heterocycles. The molecule has 0 saturated carbocycles. The molecule has 1 aliphatic carbocycles. The topological polar surface area (TPSA) is 24.9 Å². The summed E-state index contributed by atoms with van der Waals surface area (Å²) in [4.78, 5) is 6.52. The number of rotatable bonds is 7. The molecule has 0 spiro atoms. The summed E-state index contributed by atoms with van der Waals surface area (Å²) in [6.07, 6.45) is 3.89. The van der Waals surface area contributed by atoms with Crippen LogP contribution in [0.3, 0.4) is 0 Å². The van der Waals surface area contributed by atoms with Gasteiger partial charge in [-0.2, -0.15) is 11.8 Å². The predicted molar refractivity (Wildman–Crippen MR) is 91.9 cm³/mol. The summed E-state index contributed by atoms with van der Waals surface area (Å²) in [6.45, 7) is 11.3. The van der Waals surface area contributed by atoms with Crippen LogP contribution in [0.1, 0.15) is 62.0 Å². The van der Waals surface area contributed by atoms with Crippen LogP contribution in [0.15, 0.2) is 0 Å². The summed E-state index contributed by atoms with van der Waals surface area (Å²) in [6, 6.07) is 0. The van der Waals surface area contributed by atoms with Gasteiger partial charge in [-0.25, -0.2) is 4.98 Å². The summed E-state index contributed by atoms with van der Waals surface area (Å²) in [5, 5.41) is 5.65. The molecule has 2 rings (SSSR count). The van der Waals surface area contributed by atoms with Crippen molar-refractivity contribution in [1.29, 1.82) is 0 Å². The van der Waals surface area contributed by atoms with E-state index in [-0.39, 0.29) is 0 Å². The Bertz CT molecular complexity index is 413. The second-order valence-corrected chi connectivity index (χ2v) is 9.15. The Hall–Kier alpha value is -0.0600. The van der Waals surface area contributed by atoms with Gasteiger partial charge in [-0.3, -0.25) is 0 Å². The normalized spacial score (nSPS) is 18.8. The molecule has 1 unspecified atom stereocenters. The minimum absolute atomic E-state index is 0.645. The molecule has 0 saturated heterocycles. The highest BCUT2D eigenvalue weighted by Gasteiger charge is 2.24. The SMILES string of the molecule is CC(C)CNCC1CCCc2sc(CSC(C)C)nc21. The Morgan fingerprint density at radius 1 is 1.35 bits per heavy atom. The Morgan fingerprint density at radius 3 is 2.85 bits per heavy atom. The van der Waals surface area contributed by atoms with E-state index in [1.807, 2.05) is 23.1 Å². The lowest BCUT2D eigenvalue weighted by atomic mass is 9.91. The van der Waals surface area contributed by atoms with Crippen LogP contribution in [0.4, 0.5) is 0 Å². The molecular weight excluding hydrogens is 284 g/mol. The summed E-state index contributed by atoms with van der Waals surface area (Å²) < 4.78 is 0. The average molecular weight is 313 g/mol. The fourth-order valence-electron chi connectivity index (χ4n) is 2.60. The minimum atomic E-state index is 0.645. The van der Waals surface area contributed by atoms with Gasteiger partial charge < -0.3 is 5.32 Å². The van der Waals surface area contributed by atoms with Crippen molar-refractivity contribution < 1.29 is 0 Å². The van der Waals surface area contributed by atoms with Crippen molar-refractivity contribution in [1.82, 2.24) is 10.3 Å². The molecule has 0 fully saturated rings. The molecule has 0 aliphatic heterocycles. The van der Waals surface area contributed by atoms with Gasteiger partial charge >= 0.3 is 0 Å². The molecule has 0 radical (unpaired) electrons. The lowest BCUT2D eigenvalue weighted by molar-refractivity contribution is 0.472. The Balaban J connectivity index is 1.95. The van der Waals surface area contributed by atoms with E-state index in [9.17, 15) is 0 Å². The van der Waals surface area contributed by atoms with Crippen molar-refractivity contribution in [3.63, 3.8) is 0 Å². The summed E-state index contributed by atoms with van der Waals surface area (Å²) in [5.41, 5.74) is 1.41. The summed E-state index contributed by atoms with van der Waals surface area (Å²) in [5.74, 6) is 2.46. The molecule has 20 heavy (non-hydrogen) atoms. The van der Waals surface area contributed by atoms with Crippen LogP contribution < -0.4 is 5.32 Å². The third-order valence-corrected chi connectivity index (χ3v) is 6.02. The molecule has 1 atom stereocenters. The third kappa shape index (κ3) is 4.74. The van der Waals surface area contributed by atoms with Gasteiger partial charge in [0.2, 0.25) is 0 Å². The highest BCUT2D eigenvalue weighted by atomic mass is 32.2. The Labute approximate surface area is 132 Å². The molecule has 1 aromatic rings. The number of aryl methyl sites for hydroxylation is 1. The number of nitrogens with one attached hydrogen (secondary N) is 1. The van der Waals surface area contributed by atoms with Crippen LogP contribution in [0, 0.1) is 5.92 Å². The van der Waals surface area contributed by atoms with E-state index in [4.69, 9.17) is 4.98 Å². The number of thiazole rings is 1. The molecule has 1 aliphatic rings. The predicted octanol–water partition coefficient (Wildman–Crippen LogP) is 4.45. The highest BCUT2D eigenvalue weighted by Crippen LogP contribution is 2.35. The van der Waals surface area contributed by atoms with Gasteiger partial charge in [0.1, 0.15) is 5.01 Å². The first-order valence-electron chi connectivity index (χ1n) is 7.87. The fraction of sp³-hybridized carbons (Fsp3) is 0.812. The average Bonchev–Trinajstić information content (AvgIpc) is 2.79. The maximum absolute atomic E-state index is 4.96. The zero-order valence-electron chi connectivity index (χ0n) is 13.2. The Morgan fingerprint density at radius 2 is 2.15 bits per heavy atom. The number of aromatic nitrogens is 1. The van der Waals surface area contributed by atoms with Gasteiger partial charge in [-0.1, -0.05) is 27.7 Å². The molecule has 4 heteroatoms. The molecule has 0 amide bonds. The first-order chi connectivity index (χ1) is 9.56. The zero-order valence-corrected chi connectivity index (χ0v) is 14.9. The fourth-order valence-corrected chi connectivity index (χ4v) is 4.57. The maximum atomic E-state index is 4.96. The monoisotopic (exact) mass is 312 g/mol. The number of fused-ring (bicyclic) bond motifs is 1. The smallest absolute Gasteiger partial charge is 0.103 e. The molecule has 114 valence electrons. The Kier molecular flexibility index (Phi) is 6.37. The van der Waals surface area contributed by atoms with Crippen molar-refractivity contribution in [2.24, 2.45) is 5.92 Å². The summed E-state index contributed by atoms with van der Waals surface area (Å²) >= 11 is 3.96. The van der Waals surface area contributed by atoms with Crippen molar-refractivity contribution in [3.05, 3.63) is 15.6 Å². The van der Waals surface area contributed by atoms with Gasteiger partial charge in [0.15, 0.2) is 0 Å². The summed E-state index contributed by atoms with van der Waals surface area (Å²) in [7, 11) is 0. The first kappa shape index (κ1) is 16.3. The quantitative estimate of drug-likeness (QED) is 0.805. The second-order valence-electron chi connectivity index (χ2n) is 6.42. The number of thioether (sulfide) groups is 1. The molecule has 2 nitrogen and oxygen atoms in total. The molecule has 0 aromatic carbocycles. The van der Waals surface area contributed by atoms with Crippen LogP contribution >= 0.6 is 23.1 Å². The van der Waals surface area contributed by atoms with Crippen molar-refractivity contribution >= 4 is 23.1 Å². The minimum Gasteiger partial charge on any atom is -0.316 e. The number of hydrogen-bond acceptors (Lipinski definition) is 4. The van der Waals surface area contributed by atoms with Gasteiger partial charge in [-0.05, 0) is 37.0 Å². The van der Waals surface area contributed by atoms with Crippen LogP contribution in [-0.2, 0) is 12.2 Å². The van der Waals surface area contributed by atoms with E-state index < -0.39 is 0 Å². The zero-order chi connectivity index (χ0) is 14.5. The van der Waals surface area contributed by atoms with Crippen molar-refractivity contribution in [3.8, 4) is 0 Å². The van der Waals surface area contributed by atoms with E-state index in [0.29, 0.717) is 11.2 Å². The van der Waals surface area contributed by atoms with E-state index >= 15 is 0 Å². The molecule has 1 heterocycles. The highest BCUT2D eigenvalue weighted by molar-refractivity contribution is 7.99. The number of hydrogen-bond donors (Lipinski definition) is 1. The van der Waals surface area contributed by atoms with Gasteiger partial charge in [-0.15, -0.1) is 11.3 Å². The van der Waals surface area contributed by atoms with Gasteiger partial charge in [0.05, 0.1) is 5.69 Å². The van der Waals surface area contributed by atoms with E-state index in [1.54, 1.807) is 4.88 Å². The molecular formula is C16H28N2S2. The largest absolute Gasteiger partial charge is 0.316 e. The van der Waals surface area contributed by atoms with Crippen molar-refractivity contribution in [2.75, 3.05) is 13.1 Å². The van der Waals surface area contributed by atoms with Crippen molar-refractivity contribution in [2.45, 2.75) is 63.9 Å². The van der Waals surface area contributed by atoms with Crippen LogP contribution in [-0.4, -0.2) is 23.3 Å². The standard InChI is InChI=1S/C16H28N2S2/c1-11(2)8-17-9-13-6-5-7-14-16(13)18-15(20-14)10-19-12(3)4/h11-13,17H,5-10H2,1-4H3. The van der Waals surface area contributed by atoms with E-state index in [1.165, 1.54) is 30.0 Å². The van der Waals surface area contributed by atoms with Gasteiger partial charge in [0, 0.05) is 23.1 Å². The van der Waals surface area contributed by atoms with Crippen LogP contribution in [0.25, 0.3) is 0 Å². The van der Waals surface area contributed by atoms with Gasteiger partial charge in [0.25, 0.3) is 0 Å². The molecule has 1 N–H and O–H groups in total. The van der Waals surface area contributed by atoms with Crippen LogP contribution in [0.5, 0.6) is 0 Å². The lowest BCUT2D eigenvalue weighted by Gasteiger charge is -2.22. The number of nitrogens with zero attached hydrogens (tertiary/aromatic N) is 1. The third-order valence-electron chi connectivity index (χ3n) is 3.60. The molecule has 0 bridgehead atoms. The maximum Gasteiger partial charge on any atom is 0.103 e. The van der Waals surface area contributed by atoms with E-state index in [2.05, 4.69) is 33.0 Å². The van der Waals surface area contributed by atoms with E-state index in [0.717, 1.165) is 24.8 Å². The second kappa shape index (κ2) is 7.81. The lowest BCUT2D eigenvalue weighted by Crippen LogP contribution is -2.27. The first-order valence-corrected chi connectivity index (χ1v) is 9.73.